The normalized spacial score (nSPS) is 15.6. The van der Waals surface area contributed by atoms with E-state index >= 15 is 0 Å². The van der Waals surface area contributed by atoms with E-state index in [2.05, 4.69) is 31.4 Å². The Morgan fingerprint density at radius 3 is 2.59 bits per heavy atom. The second kappa shape index (κ2) is 9.47. The van der Waals surface area contributed by atoms with Crippen molar-refractivity contribution in [2.45, 2.75) is 24.3 Å². The van der Waals surface area contributed by atoms with E-state index in [1.54, 1.807) is 0 Å². The number of sulfonamides is 1. The van der Waals surface area contributed by atoms with Gasteiger partial charge in [-0.3, -0.25) is 4.79 Å². The maximum absolute atomic E-state index is 13.1. The molecule has 1 aromatic heterocycles. The molecular formula is C21H20BrFN4O4S. The number of piperidine rings is 1. The first-order chi connectivity index (χ1) is 15.3. The second-order valence-electron chi connectivity index (χ2n) is 7.37. The van der Waals surface area contributed by atoms with Crippen molar-refractivity contribution in [2.75, 3.05) is 13.1 Å². The highest BCUT2D eigenvalue weighted by atomic mass is 79.9. The molecule has 3 aromatic rings. The molecule has 2 aromatic carbocycles. The number of carbonyl (C=O) groups excluding carboxylic acids is 1. The Bertz CT molecular complexity index is 1210. The highest BCUT2D eigenvalue weighted by Gasteiger charge is 2.32. The van der Waals surface area contributed by atoms with Crippen molar-refractivity contribution in [2.24, 2.45) is 5.92 Å². The molecule has 1 fully saturated rings. The Morgan fingerprint density at radius 2 is 1.91 bits per heavy atom. The molecule has 0 saturated carbocycles. The Labute approximate surface area is 193 Å². The van der Waals surface area contributed by atoms with Crippen LogP contribution >= 0.6 is 15.9 Å². The summed E-state index contributed by atoms with van der Waals surface area (Å²) in [5.41, 5.74) is 0.787. The highest BCUT2D eigenvalue weighted by Crippen LogP contribution is 2.24. The molecule has 11 heteroatoms. The molecule has 8 nitrogen and oxygen atoms in total. The fourth-order valence-electron chi connectivity index (χ4n) is 3.49. The molecule has 1 N–H and O–H groups in total. The standard InChI is InChI=1S/C21H20BrFN4O4S/c22-16-3-1-2-15(12-16)20-25-19(31-26-20)13-24-21(28)14-8-10-27(11-9-14)32(29,30)18-6-4-17(23)5-7-18/h1-7,12,14H,8-11,13H2,(H,24,28). The van der Waals surface area contributed by atoms with Gasteiger partial charge in [0, 0.05) is 29.0 Å². The second-order valence-corrected chi connectivity index (χ2v) is 10.2. The van der Waals surface area contributed by atoms with Crippen molar-refractivity contribution >= 4 is 31.9 Å². The van der Waals surface area contributed by atoms with Crippen LogP contribution in [0.3, 0.4) is 0 Å². The molecule has 168 valence electrons. The van der Waals surface area contributed by atoms with Gasteiger partial charge in [0.25, 0.3) is 0 Å². The van der Waals surface area contributed by atoms with Gasteiger partial charge >= 0.3 is 0 Å². The third-order valence-electron chi connectivity index (χ3n) is 5.24. The summed E-state index contributed by atoms with van der Waals surface area (Å²) >= 11 is 3.39. The summed E-state index contributed by atoms with van der Waals surface area (Å²) in [5, 5.41) is 6.72. The van der Waals surface area contributed by atoms with E-state index in [-0.39, 0.29) is 42.2 Å². The third kappa shape index (κ3) is 5.05. The topological polar surface area (TPSA) is 105 Å². The molecule has 1 aliphatic rings. The van der Waals surface area contributed by atoms with Gasteiger partial charge in [0.2, 0.25) is 27.6 Å². The van der Waals surface area contributed by atoms with Crippen LogP contribution in [-0.2, 0) is 21.4 Å². The first-order valence-corrected chi connectivity index (χ1v) is 12.2. The van der Waals surface area contributed by atoms with Gasteiger partial charge in [0.15, 0.2) is 0 Å². The molecule has 0 spiro atoms. The molecule has 0 unspecified atom stereocenters. The summed E-state index contributed by atoms with van der Waals surface area (Å²) in [7, 11) is -3.71. The zero-order chi connectivity index (χ0) is 22.7. The maximum atomic E-state index is 13.1. The Balaban J connectivity index is 1.30. The van der Waals surface area contributed by atoms with Crippen LogP contribution in [0.4, 0.5) is 4.39 Å². The van der Waals surface area contributed by atoms with Crippen molar-refractivity contribution in [3.05, 3.63) is 64.7 Å². The lowest BCUT2D eigenvalue weighted by Gasteiger charge is -2.30. The minimum absolute atomic E-state index is 0.0412. The minimum Gasteiger partial charge on any atom is -0.347 e. The Kier molecular flexibility index (Phi) is 6.68. The smallest absolute Gasteiger partial charge is 0.246 e. The summed E-state index contributed by atoms with van der Waals surface area (Å²) in [4.78, 5) is 16.9. The Hall–Kier alpha value is -2.63. The third-order valence-corrected chi connectivity index (χ3v) is 7.65. The van der Waals surface area contributed by atoms with Gasteiger partial charge in [-0.2, -0.15) is 9.29 Å². The number of rotatable bonds is 6. The summed E-state index contributed by atoms with van der Waals surface area (Å²) in [6.45, 7) is 0.519. The number of carbonyl (C=O) groups is 1. The lowest BCUT2D eigenvalue weighted by atomic mass is 9.97. The molecule has 1 aliphatic heterocycles. The minimum atomic E-state index is -3.71. The lowest BCUT2D eigenvalue weighted by molar-refractivity contribution is -0.126. The lowest BCUT2D eigenvalue weighted by Crippen LogP contribution is -2.42. The average Bonchev–Trinajstić information content (AvgIpc) is 3.27. The highest BCUT2D eigenvalue weighted by molar-refractivity contribution is 9.10. The van der Waals surface area contributed by atoms with Crippen LogP contribution < -0.4 is 5.32 Å². The largest absolute Gasteiger partial charge is 0.347 e. The van der Waals surface area contributed by atoms with Crippen molar-refractivity contribution in [1.29, 1.82) is 0 Å². The number of aromatic nitrogens is 2. The van der Waals surface area contributed by atoms with Crippen LogP contribution in [0, 0.1) is 11.7 Å². The first kappa shape index (κ1) is 22.6. The summed E-state index contributed by atoms with van der Waals surface area (Å²) in [6, 6.07) is 12.2. The van der Waals surface area contributed by atoms with E-state index in [0.29, 0.717) is 18.7 Å². The van der Waals surface area contributed by atoms with Gasteiger partial charge in [-0.15, -0.1) is 0 Å². The average molecular weight is 523 g/mol. The Morgan fingerprint density at radius 1 is 1.19 bits per heavy atom. The number of nitrogens with one attached hydrogen (secondary N) is 1. The molecule has 0 aliphatic carbocycles. The van der Waals surface area contributed by atoms with Crippen LogP contribution in [0.2, 0.25) is 0 Å². The summed E-state index contributed by atoms with van der Waals surface area (Å²) < 4.78 is 45.9. The molecule has 1 amide bonds. The molecule has 32 heavy (non-hydrogen) atoms. The van der Waals surface area contributed by atoms with E-state index in [0.717, 1.165) is 22.2 Å². The van der Waals surface area contributed by atoms with Crippen molar-refractivity contribution < 1.29 is 22.1 Å². The maximum Gasteiger partial charge on any atom is 0.246 e. The van der Waals surface area contributed by atoms with Gasteiger partial charge in [0.1, 0.15) is 5.82 Å². The van der Waals surface area contributed by atoms with Gasteiger partial charge in [-0.25, -0.2) is 12.8 Å². The van der Waals surface area contributed by atoms with Crippen molar-refractivity contribution in [3.8, 4) is 11.4 Å². The quantitative estimate of drug-likeness (QED) is 0.532. The predicted octanol–water partition coefficient (Wildman–Crippen LogP) is 3.36. The number of hydrogen-bond donors (Lipinski definition) is 1. The van der Waals surface area contributed by atoms with Crippen LogP contribution in [0.15, 0.2) is 62.4 Å². The molecule has 1 saturated heterocycles. The predicted molar refractivity (Wildman–Crippen MR) is 117 cm³/mol. The molecule has 0 bridgehead atoms. The van der Waals surface area contributed by atoms with Crippen LogP contribution in [0.5, 0.6) is 0 Å². The summed E-state index contributed by atoms with van der Waals surface area (Å²) in [6.07, 6.45) is 0.777. The fourth-order valence-corrected chi connectivity index (χ4v) is 5.36. The fraction of sp³-hybridized carbons (Fsp3) is 0.286. The zero-order valence-corrected chi connectivity index (χ0v) is 19.3. The number of halogens is 2. The van der Waals surface area contributed by atoms with Gasteiger partial charge in [-0.05, 0) is 49.2 Å². The van der Waals surface area contributed by atoms with E-state index in [1.165, 1.54) is 16.4 Å². The zero-order valence-electron chi connectivity index (χ0n) is 16.9. The summed E-state index contributed by atoms with van der Waals surface area (Å²) in [5.74, 6) is -0.294. The monoisotopic (exact) mass is 522 g/mol. The van der Waals surface area contributed by atoms with E-state index in [1.807, 2.05) is 24.3 Å². The number of nitrogens with zero attached hydrogens (tertiary/aromatic N) is 3. The molecule has 4 rings (SSSR count). The van der Waals surface area contributed by atoms with Crippen LogP contribution in [0.25, 0.3) is 11.4 Å². The van der Waals surface area contributed by atoms with E-state index in [4.69, 9.17) is 4.52 Å². The van der Waals surface area contributed by atoms with E-state index < -0.39 is 15.8 Å². The SMILES string of the molecule is O=C(NCc1nc(-c2cccc(Br)c2)no1)C1CCN(S(=O)(=O)c2ccc(F)cc2)CC1. The number of amides is 1. The van der Waals surface area contributed by atoms with Gasteiger partial charge < -0.3 is 9.84 Å². The van der Waals surface area contributed by atoms with Crippen molar-refractivity contribution in [3.63, 3.8) is 0 Å². The molecule has 0 atom stereocenters. The van der Waals surface area contributed by atoms with Crippen LogP contribution in [-0.4, -0.2) is 41.9 Å². The van der Waals surface area contributed by atoms with Gasteiger partial charge in [0.05, 0.1) is 11.4 Å². The first-order valence-electron chi connectivity index (χ1n) is 9.95. The van der Waals surface area contributed by atoms with Crippen molar-refractivity contribution in [1.82, 2.24) is 19.8 Å². The number of hydrogen-bond acceptors (Lipinski definition) is 6. The molecular weight excluding hydrogens is 503 g/mol. The molecule has 2 heterocycles. The van der Waals surface area contributed by atoms with Gasteiger partial charge in [-0.1, -0.05) is 33.2 Å². The van der Waals surface area contributed by atoms with E-state index in [9.17, 15) is 17.6 Å². The number of benzene rings is 2. The molecule has 0 radical (unpaired) electrons. The van der Waals surface area contributed by atoms with Crippen LogP contribution in [0.1, 0.15) is 18.7 Å².